The minimum absolute atomic E-state index is 0.0790. The molecule has 0 bridgehead atoms. The fraction of sp³-hybridized carbons (Fsp3) is 0.290. The summed E-state index contributed by atoms with van der Waals surface area (Å²) in [6, 6.07) is 21.7. The number of hydrogen-bond acceptors (Lipinski definition) is 6. The number of ether oxygens (including phenoxy) is 2. The number of nitrogens with zero attached hydrogens (tertiary/aromatic N) is 2. The van der Waals surface area contributed by atoms with Gasteiger partial charge >= 0.3 is 0 Å². The topological polar surface area (TPSA) is 79.3 Å². The third-order valence-electron chi connectivity index (χ3n) is 6.52. The van der Waals surface area contributed by atoms with Crippen molar-refractivity contribution in [2.45, 2.75) is 26.5 Å². The van der Waals surface area contributed by atoms with Crippen molar-refractivity contribution in [1.29, 1.82) is 0 Å². The lowest BCUT2D eigenvalue weighted by Gasteiger charge is -2.26. The molecule has 0 spiro atoms. The predicted molar refractivity (Wildman–Crippen MR) is 147 cm³/mol. The Hall–Kier alpha value is -4.10. The van der Waals surface area contributed by atoms with Crippen LogP contribution in [0.25, 0.3) is 5.76 Å². The molecule has 4 rings (SSSR count). The van der Waals surface area contributed by atoms with Crippen LogP contribution >= 0.6 is 0 Å². The molecular formula is C31H34N2O5. The smallest absolute Gasteiger partial charge is 0.295 e. The lowest BCUT2D eigenvalue weighted by Crippen LogP contribution is -2.35. The molecule has 198 valence electrons. The minimum atomic E-state index is -0.718. The normalized spacial score (nSPS) is 16.8. The van der Waals surface area contributed by atoms with Gasteiger partial charge in [-0.05, 0) is 75.0 Å². The highest BCUT2D eigenvalue weighted by Gasteiger charge is 2.45. The Balaban J connectivity index is 1.69. The Kier molecular flexibility index (Phi) is 8.48. The monoisotopic (exact) mass is 514 g/mol. The van der Waals surface area contributed by atoms with Crippen LogP contribution in [0.2, 0.25) is 0 Å². The maximum absolute atomic E-state index is 13.3. The zero-order valence-electron chi connectivity index (χ0n) is 22.3. The fourth-order valence-electron chi connectivity index (χ4n) is 4.52. The second kappa shape index (κ2) is 12.0. The Morgan fingerprint density at radius 2 is 1.68 bits per heavy atom. The maximum Gasteiger partial charge on any atom is 0.295 e. The number of carbonyl (C=O) groups excluding carboxylic acids is 2. The number of carbonyl (C=O) groups is 2. The van der Waals surface area contributed by atoms with Crippen molar-refractivity contribution in [3.8, 4) is 11.5 Å². The summed E-state index contributed by atoms with van der Waals surface area (Å²) in [5.74, 6) is -0.132. The molecule has 3 aromatic carbocycles. The number of amides is 1. The van der Waals surface area contributed by atoms with Crippen molar-refractivity contribution < 1.29 is 24.2 Å². The largest absolute Gasteiger partial charge is 0.507 e. The first kappa shape index (κ1) is 26.9. The van der Waals surface area contributed by atoms with Gasteiger partial charge in [-0.25, -0.2) is 0 Å². The molecular weight excluding hydrogens is 480 g/mol. The van der Waals surface area contributed by atoms with Gasteiger partial charge in [-0.1, -0.05) is 42.5 Å². The molecule has 1 N–H and O–H groups in total. The molecule has 1 aliphatic heterocycles. The molecule has 0 saturated carbocycles. The van der Waals surface area contributed by atoms with E-state index >= 15 is 0 Å². The lowest BCUT2D eigenvalue weighted by molar-refractivity contribution is -0.140. The van der Waals surface area contributed by atoms with Crippen LogP contribution < -0.4 is 9.47 Å². The molecule has 0 radical (unpaired) electrons. The summed E-state index contributed by atoms with van der Waals surface area (Å²) in [6.45, 7) is 5.65. The molecule has 1 saturated heterocycles. The highest BCUT2D eigenvalue weighted by atomic mass is 16.5. The molecule has 0 aromatic heterocycles. The van der Waals surface area contributed by atoms with Crippen LogP contribution in [0.15, 0.2) is 78.4 Å². The van der Waals surface area contributed by atoms with Crippen molar-refractivity contribution in [3.63, 3.8) is 0 Å². The van der Waals surface area contributed by atoms with Crippen molar-refractivity contribution in [2.24, 2.45) is 0 Å². The van der Waals surface area contributed by atoms with Gasteiger partial charge in [0.05, 0.1) is 18.2 Å². The van der Waals surface area contributed by atoms with Gasteiger partial charge in [-0.2, -0.15) is 0 Å². The van der Waals surface area contributed by atoms with Gasteiger partial charge in [0.1, 0.15) is 23.9 Å². The van der Waals surface area contributed by atoms with E-state index in [1.807, 2.05) is 87.4 Å². The second-order valence-electron chi connectivity index (χ2n) is 9.55. The van der Waals surface area contributed by atoms with E-state index in [1.165, 1.54) is 4.90 Å². The van der Waals surface area contributed by atoms with E-state index in [-0.39, 0.29) is 11.3 Å². The van der Waals surface area contributed by atoms with Crippen molar-refractivity contribution in [1.82, 2.24) is 9.80 Å². The van der Waals surface area contributed by atoms with Crippen LogP contribution in [0.1, 0.15) is 35.2 Å². The fourth-order valence-corrected chi connectivity index (χ4v) is 4.52. The number of likely N-dealkylation sites (N-methyl/N-ethyl adjacent to an activating group) is 1. The summed E-state index contributed by atoms with van der Waals surface area (Å²) >= 11 is 0. The van der Waals surface area contributed by atoms with Crippen molar-refractivity contribution >= 4 is 17.4 Å². The Morgan fingerprint density at radius 1 is 0.974 bits per heavy atom. The summed E-state index contributed by atoms with van der Waals surface area (Å²) in [5.41, 5.74) is 3.15. The molecule has 1 fully saturated rings. The van der Waals surface area contributed by atoms with E-state index in [0.29, 0.717) is 43.4 Å². The van der Waals surface area contributed by atoms with Crippen molar-refractivity contribution in [3.05, 3.63) is 101 Å². The quantitative estimate of drug-likeness (QED) is 0.234. The molecule has 1 unspecified atom stereocenters. The van der Waals surface area contributed by atoms with Gasteiger partial charge in [0.15, 0.2) is 0 Å². The Labute approximate surface area is 223 Å². The number of rotatable bonds is 10. The summed E-state index contributed by atoms with van der Waals surface area (Å²) in [7, 11) is 3.82. The van der Waals surface area contributed by atoms with Crippen LogP contribution in [0.5, 0.6) is 11.5 Å². The molecule has 0 aliphatic carbocycles. The van der Waals surface area contributed by atoms with Crippen LogP contribution in [0, 0.1) is 6.92 Å². The molecule has 1 atom stereocenters. The highest BCUT2D eigenvalue weighted by Crippen LogP contribution is 2.40. The molecule has 38 heavy (non-hydrogen) atoms. The van der Waals surface area contributed by atoms with Crippen LogP contribution in [0.3, 0.4) is 0 Å². The first-order chi connectivity index (χ1) is 18.3. The van der Waals surface area contributed by atoms with Gasteiger partial charge < -0.3 is 24.4 Å². The van der Waals surface area contributed by atoms with Crippen LogP contribution in [-0.4, -0.2) is 60.4 Å². The van der Waals surface area contributed by atoms with Gasteiger partial charge in [-0.15, -0.1) is 0 Å². The summed E-state index contributed by atoms with van der Waals surface area (Å²) in [5, 5.41) is 11.3. The number of aliphatic hydroxyl groups is 1. The number of aliphatic hydroxyl groups excluding tert-OH is 1. The first-order valence-corrected chi connectivity index (χ1v) is 12.7. The third-order valence-corrected chi connectivity index (χ3v) is 6.52. The summed E-state index contributed by atoms with van der Waals surface area (Å²) < 4.78 is 11.5. The number of ketones is 1. The van der Waals surface area contributed by atoms with E-state index in [0.717, 1.165) is 16.7 Å². The SMILES string of the molecule is CCOc1ccc(C(O)=C2C(=O)C(=O)N(CCN(C)C)C2c2ccc(OCc3ccccc3)cc2)cc1C. The maximum atomic E-state index is 13.3. The average Bonchev–Trinajstić information content (AvgIpc) is 3.17. The van der Waals surface area contributed by atoms with E-state index in [2.05, 4.69) is 0 Å². The standard InChI is InChI=1S/C31H34N2O5/c1-5-37-26-16-13-24(19-21(26)2)29(34)27-28(33(18-17-32(3)4)31(36)30(27)35)23-11-14-25(15-12-23)38-20-22-9-7-6-8-10-22/h6-16,19,28,34H,5,17-18,20H2,1-4H3. The lowest BCUT2D eigenvalue weighted by atomic mass is 9.94. The van der Waals surface area contributed by atoms with E-state index < -0.39 is 17.7 Å². The molecule has 1 heterocycles. The second-order valence-corrected chi connectivity index (χ2v) is 9.55. The van der Waals surface area contributed by atoms with Gasteiger partial charge in [-0.3, -0.25) is 9.59 Å². The number of benzene rings is 3. The highest BCUT2D eigenvalue weighted by molar-refractivity contribution is 6.46. The van der Waals surface area contributed by atoms with E-state index in [4.69, 9.17) is 9.47 Å². The number of hydrogen-bond donors (Lipinski definition) is 1. The molecule has 3 aromatic rings. The Bertz CT molecular complexity index is 1320. The van der Waals surface area contributed by atoms with E-state index in [1.54, 1.807) is 18.2 Å². The van der Waals surface area contributed by atoms with Crippen molar-refractivity contribution in [2.75, 3.05) is 33.8 Å². The Morgan fingerprint density at radius 3 is 2.32 bits per heavy atom. The van der Waals surface area contributed by atoms with Gasteiger partial charge in [0.2, 0.25) is 0 Å². The summed E-state index contributed by atoms with van der Waals surface area (Å²) in [6.07, 6.45) is 0. The number of aryl methyl sites for hydroxylation is 1. The number of Topliss-reactive ketones (excluding diaryl/α,β-unsaturated/α-hetero) is 1. The van der Waals surface area contributed by atoms with Gasteiger partial charge in [0, 0.05) is 18.7 Å². The zero-order chi connectivity index (χ0) is 27.2. The van der Waals surface area contributed by atoms with Crippen LogP contribution in [-0.2, 0) is 16.2 Å². The minimum Gasteiger partial charge on any atom is -0.507 e. The predicted octanol–water partition coefficient (Wildman–Crippen LogP) is 4.96. The average molecular weight is 515 g/mol. The summed E-state index contributed by atoms with van der Waals surface area (Å²) in [4.78, 5) is 29.9. The molecule has 1 amide bonds. The molecule has 7 heteroatoms. The van der Waals surface area contributed by atoms with Gasteiger partial charge in [0.25, 0.3) is 11.7 Å². The number of likely N-dealkylation sites (tertiary alicyclic amines) is 1. The zero-order valence-corrected chi connectivity index (χ0v) is 22.3. The first-order valence-electron chi connectivity index (χ1n) is 12.7. The molecule has 1 aliphatic rings. The van der Waals surface area contributed by atoms with Crippen LogP contribution in [0.4, 0.5) is 0 Å². The molecule has 7 nitrogen and oxygen atoms in total. The van der Waals surface area contributed by atoms with E-state index in [9.17, 15) is 14.7 Å². The third kappa shape index (κ3) is 5.89.